The summed E-state index contributed by atoms with van der Waals surface area (Å²) in [5.74, 6) is -0.935. The molecule has 0 saturated heterocycles. The van der Waals surface area contributed by atoms with Gasteiger partial charge in [0, 0.05) is 19.3 Å². The molecule has 6 nitrogen and oxygen atoms in total. The summed E-state index contributed by atoms with van der Waals surface area (Å²) in [4.78, 5) is 37.9. The number of ether oxygens (including phenoxy) is 3. The lowest BCUT2D eigenvalue weighted by Crippen LogP contribution is -2.30. The number of unbranched alkanes of at least 4 members (excludes halogenated alkanes) is 27. The topological polar surface area (TPSA) is 78.9 Å². The van der Waals surface area contributed by atoms with Crippen molar-refractivity contribution in [2.24, 2.45) is 0 Å². The average Bonchev–Trinajstić information content (AvgIpc) is 3.41. The zero-order valence-electron chi connectivity index (χ0n) is 49.0. The Morgan fingerprint density at radius 3 is 0.840 bits per heavy atom. The normalized spacial score (nSPS) is 12.8. The number of esters is 3. The SMILES string of the molecule is CC/C=C\C/C=C\C/C=C\C/C=C\C/C=C\CCCCCCCCCCCCCCCCCCCCCC(=O)OCC(COC(=O)CCCCCCCCC)OC(=O)CCCC/C=C\C/C=C\C/C=C\C/C=C\CC. The van der Waals surface area contributed by atoms with Gasteiger partial charge in [-0.3, -0.25) is 14.4 Å². The third kappa shape index (κ3) is 60.8. The molecule has 0 N–H and O–H groups in total. The summed E-state index contributed by atoms with van der Waals surface area (Å²) >= 11 is 0. The molecule has 0 rings (SSSR count). The zero-order valence-corrected chi connectivity index (χ0v) is 49.0. The Morgan fingerprint density at radius 2 is 0.520 bits per heavy atom. The van der Waals surface area contributed by atoms with Crippen LogP contribution in [0.3, 0.4) is 0 Å². The Morgan fingerprint density at radius 1 is 0.280 bits per heavy atom. The lowest BCUT2D eigenvalue weighted by Gasteiger charge is -2.18. The van der Waals surface area contributed by atoms with Crippen LogP contribution in [0.5, 0.6) is 0 Å². The van der Waals surface area contributed by atoms with Crippen LogP contribution < -0.4 is 0 Å². The summed E-state index contributed by atoms with van der Waals surface area (Å²) in [6.07, 6.45) is 85.7. The van der Waals surface area contributed by atoms with Gasteiger partial charge in [0.05, 0.1) is 0 Å². The van der Waals surface area contributed by atoms with Crippen molar-refractivity contribution in [3.63, 3.8) is 0 Å². The molecule has 0 fully saturated rings. The fourth-order valence-corrected chi connectivity index (χ4v) is 8.64. The van der Waals surface area contributed by atoms with Crippen LogP contribution in [0.1, 0.15) is 290 Å². The zero-order chi connectivity index (χ0) is 54.3. The van der Waals surface area contributed by atoms with Crippen LogP contribution in [0.15, 0.2) is 109 Å². The van der Waals surface area contributed by atoms with Gasteiger partial charge in [-0.1, -0.05) is 278 Å². The Balaban J connectivity index is 4.01. The third-order valence-corrected chi connectivity index (χ3v) is 13.3. The third-order valence-electron chi connectivity index (χ3n) is 13.3. The molecule has 0 saturated carbocycles. The molecular weight excluding hydrogens is 925 g/mol. The second kappa shape index (κ2) is 62.6. The predicted octanol–water partition coefficient (Wildman–Crippen LogP) is 21.4. The largest absolute Gasteiger partial charge is 0.462 e. The molecule has 0 aromatic carbocycles. The van der Waals surface area contributed by atoms with Crippen molar-refractivity contribution in [1.82, 2.24) is 0 Å². The van der Waals surface area contributed by atoms with E-state index in [2.05, 4.69) is 130 Å². The first kappa shape index (κ1) is 71.1. The van der Waals surface area contributed by atoms with Gasteiger partial charge in [0.2, 0.25) is 0 Å². The molecule has 0 aliphatic carbocycles. The summed E-state index contributed by atoms with van der Waals surface area (Å²) < 4.78 is 16.8. The maximum Gasteiger partial charge on any atom is 0.306 e. The van der Waals surface area contributed by atoms with E-state index in [4.69, 9.17) is 14.2 Å². The first-order valence-corrected chi connectivity index (χ1v) is 31.4. The molecule has 75 heavy (non-hydrogen) atoms. The van der Waals surface area contributed by atoms with Crippen molar-refractivity contribution in [2.45, 2.75) is 297 Å². The molecule has 1 unspecified atom stereocenters. The van der Waals surface area contributed by atoms with Crippen molar-refractivity contribution >= 4 is 17.9 Å². The predicted molar refractivity (Wildman–Crippen MR) is 325 cm³/mol. The second-order valence-corrected chi connectivity index (χ2v) is 20.6. The maximum absolute atomic E-state index is 12.8. The lowest BCUT2D eigenvalue weighted by molar-refractivity contribution is -0.167. The average molecular weight is 1040 g/mol. The van der Waals surface area contributed by atoms with Gasteiger partial charge in [0.25, 0.3) is 0 Å². The highest BCUT2D eigenvalue weighted by atomic mass is 16.6. The molecule has 0 heterocycles. The van der Waals surface area contributed by atoms with E-state index in [0.29, 0.717) is 19.3 Å². The Hall–Kier alpha value is -3.93. The van der Waals surface area contributed by atoms with Gasteiger partial charge in [0.1, 0.15) is 13.2 Å². The van der Waals surface area contributed by atoms with Gasteiger partial charge in [0.15, 0.2) is 6.10 Å². The molecule has 0 aromatic heterocycles. The molecule has 0 aliphatic heterocycles. The van der Waals surface area contributed by atoms with Crippen LogP contribution in [0.25, 0.3) is 0 Å². The van der Waals surface area contributed by atoms with Gasteiger partial charge in [-0.05, 0) is 103 Å². The number of hydrogen-bond donors (Lipinski definition) is 0. The van der Waals surface area contributed by atoms with E-state index in [1.807, 2.05) is 0 Å². The standard InChI is InChI=1S/C69H116O6/c1-4-7-10-13-16-18-20-22-24-25-26-27-28-29-30-31-32-33-34-35-36-37-38-39-40-41-42-43-45-46-48-50-53-56-59-62-68(71)74-65-66(64-73-67(70)61-58-55-52-15-12-9-6-3)75-69(72)63-60-57-54-51-49-47-44-23-21-19-17-14-11-8-5-2/h7-8,10-11,16-19,22-24,26-27,29-30,44,49,51,66H,4-6,9,12-15,20-21,25,28,31-43,45-48,50,52-65H2,1-3H3/b10-7-,11-8-,18-16-,19-17-,24-22-,27-26-,30-29-,44-23-,51-49-. The smallest absolute Gasteiger partial charge is 0.306 e. The summed E-state index contributed by atoms with van der Waals surface area (Å²) in [5, 5.41) is 0. The number of hydrogen-bond acceptors (Lipinski definition) is 6. The van der Waals surface area contributed by atoms with Crippen molar-refractivity contribution in [2.75, 3.05) is 13.2 Å². The minimum absolute atomic E-state index is 0.0917. The first-order chi connectivity index (χ1) is 37.0. The van der Waals surface area contributed by atoms with Gasteiger partial charge in [-0.2, -0.15) is 0 Å². The summed E-state index contributed by atoms with van der Waals surface area (Å²) in [6.45, 7) is 6.34. The van der Waals surface area contributed by atoms with Crippen molar-refractivity contribution in [3.8, 4) is 0 Å². The highest BCUT2D eigenvalue weighted by Crippen LogP contribution is 2.16. The van der Waals surface area contributed by atoms with Crippen molar-refractivity contribution < 1.29 is 28.6 Å². The maximum atomic E-state index is 12.8. The molecule has 0 spiro atoms. The van der Waals surface area contributed by atoms with Crippen LogP contribution in [0, 0.1) is 0 Å². The summed E-state index contributed by atoms with van der Waals surface area (Å²) in [5.41, 5.74) is 0. The number of carbonyl (C=O) groups is 3. The molecule has 0 aliphatic rings. The highest BCUT2D eigenvalue weighted by Gasteiger charge is 2.19. The Bertz CT molecular complexity index is 1520. The molecule has 428 valence electrons. The van der Waals surface area contributed by atoms with Crippen molar-refractivity contribution in [3.05, 3.63) is 109 Å². The van der Waals surface area contributed by atoms with Crippen molar-refractivity contribution in [1.29, 1.82) is 0 Å². The second-order valence-electron chi connectivity index (χ2n) is 20.6. The number of carbonyl (C=O) groups excluding carboxylic acids is 3. The minimum atomic E-state index is -0.795. The molecular formula is C69H116O6. The van der Waals surface area contributed by atoms with Crippen LogP contribution in [-0.2, 0) is 28.6 Å². The monoisotopic (exact) mass is 1040 g/mol. The molecule has 0 aromatic rings. The summed E-state index contributed by atoms with van der Waals surface area (Å²) in [7, 11) is 0. The molecule has 0 amide bonds. The molecule has 1 atom stereocenters. The number of rotatable bonds is 56. The fourth-order valence-electron chi connectivity index (χ4n) is 8.64. The minimum Gasteiger partial charge on any atom is -0.462 e. The van der Waals surface area contributed by atoms with E-state index in [-0.39, 0.29) is 37.5 Å². The van der Waals surface area contributed by atoms with Crippen LogP contribution in [0.2, 0.25) is 0 Å². The van der Waals surface area contributed by atoms with E-state index in [1.165, 1.54) is 135 Å². The molecule has 6 heteroatoms. The van der Waals surface area contributed by atoms with Crippen LogP contribution in [0.4, 0.5) is 0 Å². The van der Waals surface area contributed by atoms with Gasteiger partial charge < -0.3 is 14.2 Å². The fraction of sp³-hybridized carbons (Fsp3) is 0.696. The summed E-state index contributed by atoms with van der Waals surface area (Å²) in [6, 6.07) is 0. The van der Waals surface area contributed by atoms with E-state index >= 15 is 0 Å². The van der Waals surface area contributed by atoms with Gasteiger partial charge in [-0.15, -0.1) is 0 Å². The van der Waals surface area contributed by atoms with E-state index < -0.39 is 6.10 Å². The highest BCUT2D eigenvalue weighted by molar-refractivity contribution is 5.71. The Labute approximate surface area is 463 Å². The first-order valence-electron chi connectivity index (χ1n) is 31.4. The molecule has 0 bridgehead atoms. The van der Waals surface area contributed by atoms with Crippen LogP contribution >= 0.6 is 0 Å². The lowest BCUT2D eigenvalue weighted by atomic mass is 10.0. The van der Waals surface area contributed by atoms with E-state index in [0.717, 1.165) is 109 Å². The van der Waals surface area contributed by atoms with Gasteiger partial charge in [-0.25, -0.2) is 0 Å². The Kier molecular flexibility index (Phi) is 59.3. The van der Waals surface area contributed by atoms with Crippen LogP contribution in [-0.4, -0.2) is 37.2 Å². The van der Waals surface area contributed by atoms with Gasteiger partial charge >= 0.3 is 17.9 Å². The van der Waals surface area contributed by atoms with E-state index in [1.54, 1.807) is 0 Å². The quantitative estimate of drug-likeness (QED) is 0.0261. The molecule has 0 radical (unpaired) electrons. The number of allylic oxidation sites excluding steroid dienone is 18. The van der Waals surface area contributed by atoms with E-state index in [9.17, 15) is 14.4 Å².